The highest BCUT2D eigenvalue weighted by molar-refractivity contribution is 7.91. The fourth-order valence-electron chi connectivity index (χ4n) is 1.55. The lowest BCUT2D eigenvalue weighted by Gasteiger charge is -2.08. The summed E-state index contributed by atoms with van der Waals surface area (Å²) < 4.78 is 23.1. The van der Waals surface area contributed by atoms with Crippen LogP contribution in [-0.2, 0) is 9.84 Å². The van der Waals surface area contributed by atoms with Gasteiger partial charge in [-0.15, -0.1) is 0 Å². The normalized spacial score (nSPS) is 12.6. The summed E-state index contributed by atoms with van der Waals surface area (Å²) in [5, 5.41) is 3.32. The number of sulfone groups is 1. The molecule has 0 fully saturated rings. The monoisotopic (exact) mass is 249 g/mol. The van der Waals surface area contributed by atoms with Gasteiger partial charge in [-0.05, 0) is 37.8 Å². The third-order valence-corrected chi connectivity index (χ3v) is 4.28. The van der Waals surface area contributed by atoms with Crippen molar-refractivity contribution in [3.8, 4) is 0 Å². The summed E-state index contributed by atoms with van der Waals surface area (Å²) in [6.45, 7) is 10.2. The molecule has 0 rings (SSSR count). The molecule has 0 aromatic heterocycles. The fraction of sp³-hybridized carbons (Fsp3) is 1.00. The summed E-state index contributed by atoms with van der Waals surface area (Å²) in [5.74, 6) is 1.56. The van der Waals surface area contributed by atoms with Gasteiger partial charge in [-0.25, -0.2) is 8.42 Å². The lowest BCUT2D eigenvalue weighted by molar-refractivity contribution is 0.537. The molecule has 0 spiro atoms. The Labute approximate surface area is 101 Å². The van der Waals surface area contributed by atoms with E-state index in [1.54, 1.807) is 0 Å². The minimum absolute atomic E-state index is 0.240. The second-order valence-electron chi connectivity index (χ2n) is 5.31. The van der Waals surface area contributed by atoms with Crippen molar-refractivity contribution in [1.82, 2.24) is 5.32 Å². The van der Waals surface area contributed by atoms with E-state index in [4.69, 9.17) is 0 Å². The molecule has 0 aromatic carbocycles. The molecule has 1 N–H and O–H groups in total. The van der Waals surface area contributed by atoms with Crippen molar-refractivity contribution in [2.45, 2.75) is 40.5 Å². The van der Waals surface area contributed by atoms with Crippen LogP contribution in [0.5, 0.6) is 0 Å². The maximum absolute atomic E-state index is 11.6. The van der Waals surface area contributed by atoms with E-state index in [0.29, 0.717) is 17.4 Å². The third-order valence-electron chi connectivity index (χ3n) is 2.20. The van der Waals surface area contributed by atoms with E-state index >= 15 is 0 Å². The minimum Gasteiger partial charge on any atom is -0.316 e. The first kappa shape index (κ1) is 15.9. The average Bonchev–Trinajstić information content (AvgIpc) is 2.08. The molecule has 98 valence electrons. The van der Waals surface area contributed by atoms with Gasteiger partial charge in [0.05, 0.1) is 11.5 Å². The minimum atomic E-state index is -2.81. The van der Waals surface area contributed by atoms with E-state index < -0.39 is 9.84 Å². The van der Waals surface area contributed by atoms with Gasteiger partial charge in [0.2, 0.25) is 0 Å². The van der Waals surface area contributed by atoms with Crippen LogP contribution in [0.25, 0.3) is 0 Å². The van der Waals surface area contributed by atoms with Crippen LogP contribution in [0.4, 0.5) is 0 Å². The van der Waals surface area contributed by atoms with Crippen LogP contribution >= 0.6 is 0 Å². The second kappa shape index (κ2) is 8.07. The van der Waals surface area contributed by atoms with Gasteiger partial charge in [-0.2, -0.15) is 0 Å². The first-order valence-electron chi connectivity index (χ1n) is 6.24. The molecule has 0 aliphatic rings. The molecule has 0 aliphatic heterocycles. The van der Waals surface area contributed by atoms with E-state index in [-0.39, 0.29) is 5.92 Å². The molecule has 0 saturated heterocycles. The molecule has 3 nitrogen and oxygen atoms in total. The Bertz CT molecular complexity index is 258. The molecule has 0 radical (unpaired) electrons. The number of hydrogen-bond donors (Lipinski definition) is 1. The van der Waals surface area contributed by atoms with Crippen molar-refractivity contribution in [3.05, 3.63) is 0 Å². The molecular formula is C12H27NO2S. The van der Waals surface area contributed by atoms with E-state index in [0.717, 1.165) is 25.9 Å². The van der Waals surface area contributed by atoms with E-state index in [1.165, 1.54) is 0 Å². The van der Waals surface area contributed by atoms with Crippen LogP contribution in [0.15, 0.2) is 0 Å². The van der Waals surface area contributed by atoms with Crippen molar-refractivity contribution in [1.29, 1.82) is 0 Å². The van der Waals surface area contributed by atoms with Crippen molar-refractivity contribution in [3.63, 3.8) is 0 Å². The highest BCUT2D eigenvalue weighted by Crippen LogP contribution is 2.03. The topological polar surface area (TPSA) is 46.2 Å². The summed E-state index contributed by atoms with van der Waals surface area (Å²) in [6, 6.07) is 0. The van der Waals surface area contributed by atoms with Crippen LogP contribution in [0.3, 0.4) is 0 Å². The quantitative estimate of drug-likeness (QED) is 0.636. The van der Waals surface area contributed by atoms with Gasteiger partial charge in [0.25, 0.3) is 0 Å². The van der Waals surface area contributed by atoms with Crippen LogP contribution in [-0.4, -0.2) is 33.0 Å². The van der Waals surface area contributed by atoms with Gasteiger partial charge >= 0.3 is 0 Å². The van der Waals surface area contributed by atoms with Crippen molar-refractivity contribution < 1.29 is 8.42 Å². The van der Waals surface area contributed by atoms with E-state index in [2.05, 4.69) is 19.2 Å². The van der Waals surface area contributed by atoms with Crippen molar-refractivity contribution >= 4 is 9.84 Å². The first-order chi connectivity index (χ1) is 7.33. The summed E-state index contributed by atoms with van der Waals surface area (Å²) in [4.78, 5) is 0. The lowest BCUT2D eigenvalue weighted by Crippen LogP contribution is -2.22. The Balaban J connectivity index is 3.51. The zero-order valence-corrected chi connectivity index (χ0v) is 11.9. The third kappa shape index (κ3) is 10.4. The number of hydrogen-bond acceptors (Lipinski definition) is 3. The Morgan fingerprint density at radius 2 is 1.62 bits per heavy atom. The Kier molecular flexibility index (Phi) is 8.02. The molecule has 0 heterocycles. The number of unbranched alkanes of at least 4 members (excludes halogenated alkanes) is 1. The molecule has 0 bridgehead atoms. The number of rotatable bonds is 9. The van der Waals surface area contributed by atoms with Crippen LogP contribution in [0.1, 0.15) is 40.5 Å². The van der Waals surface area contributed by atoms with Gasteiger partial charge in [-0.1, -0.05) is 27.7 Å². The highest BCUT2D eigenvalue weighted by atomic mass is 32.2. The SMILES string of the molecule is CC(C)CNCCCCS(=O)(=O)CC(C)C. The molecule has 0 unspecified atom stereocenters. The maximum Gasteiger partial charge on any atom is 0.150 e. The molecule has 0 aliphatic carbocycles. The zero-order chi connectivity index (χ0) is 12.6. The molecule has 0 saturated carbocycles. The van der Waals surface area contributed by atoms with Gasteiger partial charge in [0.15, 0.2) is 9.84 Å². The Hall–Kier alpha value is -0.0900. The van der Waals surface area contributed by atoms with Gasteiger partial charge in [-0.3, -0.25) is 0 Å². The lowest BCUT2D eigenvalue weighted by atomic mass is 10.2. The Morgan fingerprint density at radius 3 is 2.12 bits per heavy atom. The maximum atomic E-state index is 11.6. The summed E-state index contributed by atoms with van der Waals surface area (Å²) in [5.41, 5.74) is 0. The molecule has 4 heteroatoms. The smallest absolute Gasteiger partial charge is 0.150 e. The predicted octanol–water partition coefficient (Wildman–Crippen LogP) is 2.08. The fourth-order valence-corrected chi connectivity index (χ4v) is 3.38. The standard InChI is InChI=1S/C12H27NO2S/c1-11(2)9-13-7-5-6-8-16(14,15)10-12(3)4/h11-13H,5-10H2,1-4H3. The van der Waals surface area contributed by atoms with Gasteiger partial charge < -0.3 is 5.32 Å². The van der Waals surface area contributed by atoms with Gasteiger partial charge in [0.1, 0.15) is 0 Å². The predicted molar refractivity (Wildman–Crippen MR) is 70.4 cm³/mol. The second-order valence-corrected chi connectivity index (χ2v) is 7.54. The van der Waals surface area contributed by atoms with E-state index in [1.807, 2.05) is 13.8 Å². The largest absolute Gasteiger partial charge is 0.316 e. The summed E-state index contributed by atoms with van der Waals surface area (Å²) >= 11 is 0. The van der Waals surface area contributed by atoms with Gasteiger partial charge in [0, 0.05) is 0 Å². The highest BCUT2D eigenvalue weighted by Gasteiger charge is 2.12. The molecule has 0 atom stereocenters. The van der Waals surface area contributed by atoms with Crippen molar-refractivity contribution in [2.24, 2.45) is 11.8 Å². The molecular weight excluding hydrogens is 222 g/mol. The van der Waals surface area contributed by atoms with Crippen LogP contribution in [0, 0.1) is 11.8 Å². The molecule has 16 heavy (non-hydrogen) atoms. The summed E-state index contributed by atoms with van der Waals surface area (Å²) in [6.07, 6.45) is 1.73. The van der Waals surface area contributed by atoms with Crippen LogP contribution in [0.2, 0.25) is 0 Å². The van der Waals surface area contributed by atoms with Crippen LogP contribution < -0.4 is 5.32 Å². The average molecular weight is 249 g/mol. The molecule has 0 amide bonds. The van der Waals surface area contributed by atoms with Crippen molar-refractivity contribution in [2.75, 3.05) is 24.6 Å². The zero-order valence-electron chi connectivity index (χ0n) is 11.1. The Morgan fingerprint density at radius 1 is 1.00 bits per heavy atom. The first-order valence-corrected chi connectivity index (χ1v) is 8.07. The molecule has 0 aromatic rings. The van der Waals surface area contributed by atoms with E-state index in [9.17, 15) is 8.42 Å². The summed E-state index contributed by atoms with van der Waals surface area (Å²) in [7, 11) is -2.81. The number of nitrogens with one attached hydrogen (secondary N) is 1.